The van der Waals surface area contributed by atoms with Crippen LogP contribution in [0.1, 0.15) is 16.7 Å². The maximum absolute atomic E-state index is 13.2. The summed E-state index contributed by atoms with van der Waals surface area (Å²) in [5.41, 5.74) is 1.61. The van der Waals surface area contributed by atoms with E-state index in [2.05, 4.69) is 21.2 Å². The molecule has 0 saturated carbocycles. The summed E-state index contributed by atoms with van der Waals surface area (Å²) in [4.78, 5) is 49.7. The lowest BCUT2D eigenvalue weighted by Crippen LogP contribution is -2.54. The Bertz CT molecular complexity index is 1520. The average Bonchev–Trinajstić information content (AvgIpc) is 2.88. The summed E-state index contributed by atoms with van der Waals surface area (Å²) in [7, 11) is 1.42. The fourth-order valence-electron chi connectivity index (χ4n) is 3.62. The molecule has 1 N–H and O–H groups in total. The number of barbiturate groups is 1. The Morgan fingerprint density at radius 2 is 1.87 bits per heavy atom. The van der Waals surface area contributed by atoms with Crippen LogP contribution in [0.25, 0.3) is 6.08 Å². The largest absolute Gasteiger partial charge is 0.493 e. The van der Waals surface area contributed by atoms with Crippen molar-refractivity contribution in [3.8, 4) is 11.5 Å². The third-order valence-corrected chi connectivity index (χ3v) is 6.71. The van der Waals surface area contributed by atoms with E-state index in [1.54, 1.807) is 43.3 Å². The summed E-state index contributed by atoms with van der Waals surface area (Å²) in [5.74, 6) is -1.08. The molecule has 12 heteroatoms. The summed E-state index contributed by atoms with van der Waals surface area (Å²) in [6.45, 7) is 1.81. The Hall–Kier alpha value is -4.22. The van der Waals surface area contributed by atoms with Crippen LogP contribution >= 0.6 is 27.5 Å². The van der Waals surface area contributed by atoms with Gasteiger partial charge >= 0.3 is 6.03 Å². The number of aryl methyl sites for hydroxylation is 1. The molecule has 1 aliphatic rings. The van der Waals surface area contributed by atoms with Gasteiger partial charge in [-0.25, -0.2) is 9.69 Å². The first-order valence-electron chi connectivity index (χ1n) is 11.0. The first-order chi connectivity index (χ1) is 18.1. The van der Waals surface area contributed by atoms with Crippen LogP contribution < -0.4 is 19.7 Å². The first kappa shape index (κ1) is 26.8. The van der Waals surface area contributed by atoms with Crippen LogP contribution in [0.2, 0.25) is 5.02 Å². The highest BCUT2D eigenvalue weighted by molar-refractivity contribution is 9.10. The topological polar surface area (TPSA) is 128 Å². The van der Waals surface area contributed by atoms with Crippen molar-refractivity contribution in [2.45, 2.75) is 13.5 Å². The summed E-state index contributed by atoms with van der Waals surface area (Å²) in [6.07, 6.45) is 1.32. The fourth-order valence-corrected chi connectivity index (χ4v) is 4.23. The third kappa shape index (κ3) is 5.53. The molecule has 3 aromatic rings. The number of nitrogens with one attached hydrogen (secondary N) is 1. The second-order valence-corrected chi connectivity index (χ2v) is 9.39. The van der Waals surface area contributed by atoms with Crippen LogP contribution in [0.3, 0.4) is 0 Å². The Labute approximate surface area is 230 Å². The number of hydrogen-bond acceptors (Lipinski definition) is 7. The Kier molecular flexibility index (Phi) is 7.79. The van der Waals surface area contributed by atoms with Crippen LogP contribution in [0.5, 0.6) is 11.5 Å². The number of ether oxygens (including phenoxy) is 2. The van der Waals surface area contributed by atoms with Crippen molar-refractivity contribution in [1.29, 1.82) is 0 Å². The Morgan fingerprint density at radius 3 is 2.55 bits per heavy atom. The van der Waals surface area contributed by atoms with Gasteiger partial charge in [0.1, 0.15) is 12.2 Å². The van der Waals surface area contributed by atoms with E-state index >= 15 is 0 Å². The number of halogens is 2. The molecule has 1 fully saturated rings. The van der Waals surface area contributed by atoms with Crippen LogP contribution in [-0.2, 0) is 16.2 Å². The molecule has 0 spiro atoms. The highest BCUT2D eigenvalue weighted by atomic mass is 79.9. The number of hydrogen-bond donors (Lipinski definition) is 1. The quantitative estimate of drug-likeness (QED) is 0.162. The number of anilines is 1. The van der Waals surface area contributed by atoms with Crippen molar-refractivity contribution in [3.63, 3.8) is 0 Å². The van der Waals surface area contributed by atoms with Crippen molar-refractivity contribution < 1.29 is 28.8 Å². The standard InChI is InChI=1S/C26H19BrClN3O7/c1-14-6-7-17(11-21(14)28)30-25(33)19(24(32)29-26(30)34)9-16-10-22(37-2)23(12-20(16)27)38-13-15-4-3-5-18(8-15)31(35)36/h3-12H,13H2,1-2H3,(H,29,32,34)/b19-9-. The maximum Gasteiger partial charge on any atom is 0.335 e. The molecule has 4 amide bonds. The molecule has 10 nitrogen and oxygen atoms in total. The number of nitro groups is 1. The molecule has 194 valence electrons. The van der Waals surface area contributed by atoms with E-state index in [-0.39, 0.29) is 29.3 Å². The molecule has 38 heavy (non-hydrogen) atoms. The molecule has 1 aliphatic heterocycles. The van der Waals surface area contributed by atoms with E-state index in [9.17, 15) is 24.5 Å². The van der Waals surface area contributed by atoms with E-state index in [0.717, 1.165) is 10.5 Å². The lowest BCUT2D eigenvalue weighted by Gasteiger charge is -2.26. The second kappa shape index (κ2) is 11.0. The SMILES string of the molecule is COc1cc(/C=C2/C(=O)NC(=O)N(c3ccc(C)c(Cl)c3)C2=O)c(Br)cc1OCc1cccc([N+](=O)[O-])c1. The zero-order chi connectivity index (χ0) is 27.6. The predicted molar refractivity (Wildman–Crippen MR) is 143 cm³/mol. The fraction of sp³-hybridized carbons (Fsp3) is 0.115. The Balaban J connectivity index is 1.63. The molecule has 4 rings (SSSR count). The van der Waals surface area contributed by atoms with Gasteiger partial charge in [0, 0.05) is 21.6 Å². The molecule has 1 heterocycles. The van der Waals surface area contributed by atoms with Crippen LogP contribution in [0.15, 0.2) is 64.6 Å². The highest BCUT2D eigenvalue weighted by Gasteiger charge is 2.37. The normalized spacial score (nSPS) is 14.5. The van der Waals surface area contributed by atoms with Crippen molar-refractivity contribution >= 4 is 62.8 Å². The molecule has 0 radical (unpaired) electrons. The van der Waals surface area contributed by atoms with E-state index in [0.29, 0.717) is 26.4 Å². The van der Waals surface area contributed by atoms with Crippen LogP contribution in [0.4, 0.5) is 16.2 Å². The van der Waals surface area contributed by atoms with Crippen molar-refractivity contribution in [2.24, 2.45) is 0 Å². The summed E-state index contributed by atoms with van der Waals surface area (Å²) < 4.78 is 11.7. The van der Waals surface area contributed by atoms with Gasteiger partial charge in [-0.1, -0.05) is 45.7 Å². The van der Waals surface area contributed by atoms with Gasteiger partial charge in [0.25, 0.3) is 17.5 Å². The van der Waals surface area contributed by atoms with Crippen molar-refractivity contribution in [1.82, 2.24) is 5.32 Å². The molecule has 0 aliphatic carbocycles. The minimum Gasteiger partial charge on any atom is -0.493 e. The lowest BCUT2D eigenvalue weighted by atomic mass is 10.1. The van der Waals surface area contributed by atoms with Crippen LogP contribution in [-0.4, -0.2) is 29.9 Å². The summed E-state index contributed by atoms with van der Waals surface area (Å²) in [6, 6.07) is 13.0. The zero-order valence-corrected chi connectivity index (χ0v) is 22.3. The molecule has 0 bridgehead atoms. The molecule has 0 aromatic heterocycles. The van der Waals surface area contributed by atoms with E-state index < -0.39 is 22.8 Å². The number of urea groups is 1. The molecule has 1 saturated heterocycles. The molecule has 3 aromatic carbocycles. The number of nitrogens with zero attached hydrogens (tertiary/aromatic N) is 2. The Morgan fingerprint density at radius 1 is 1.11 bits per heavy atom. The minimum absolute atomic E-state index is 0.0298. The number of carbonyl (C=O) groups excluding carboxylic acids is 3. The summed E-state index contributed by atoms with van der Waals surface area (Å²) >= 11 is 9.58. The molecule has 0 unspecified atom stereocenters. The van der Waals surface area contributed by atoms with Crippen molar-refractivity contribution in [2.75, 3.05) is 12.0 Å². The first-order valence-corrected chi connectivity index (χ1v) is 12.2. The minimum atomic E-state index is -0.890. The van der Waals surface area contributed by atoms with Gasteiger partial charge in [0.05, 0.1) is 17.7 Å². The van der Waals surface area contributed by atoms with E-state index in [1.807, 2.05) is 0 Å². The predicted octanol–water partition coefficient (Wildman–Crippen LogP) is 5.57. The van der Waals surface area contributed by atoms with Gasteiger partial charge in [-0.3, -0.25) is 25.0 Å². The number of non-ortho nitro benzene ring substituents is 1. The van der Waals surface area contributed by atoms with E-state index in [4.69, 9.17) is 21.1 Å². The van der Waals surface area contributed by atoms with Crippen LogP contribution in [0, 0.1) is 17.0 Å². The van der Waals surface area contributed by atoms with Gasteiger partial charge in [0.2, 0.25) is 0 Å². The van der Waals surface area contributed by atoms with Crippen molar-refractivity contribution in [3.05, 3.63) is 96.5 Å². The number of benzene rings is 3. The number of carbonyl (C=O) groups is 3. The molecular weight excluding hydrogens is 582 g/mol. The van der Waals surface area contributed by atoms with Gasteiger partial charge in [-0.2, -0.15) is 0 Å². The zero-order valence-electron chi connectivity index (χ0n) is 20.0. The average molecular weight is 601 g/mol. The van der Waals surface area contributed by atoms with E-state index in [1.165, 1.54) is 31.4 Å². The smallest absolute Gasteiger partial charge is 0.335 e. The van der Waals surface area contributed by atoms with Gasteiger partial charge in [-0.05, 0) is 54.0 Å². The lowest BCUT2D eigenvalue weighted by molar-refractivity contribution is -0.384. The highest BCUT2D eigenvalue weighted by Crippen LogP contribution is 2.36. The van der Waals surface area contributed by atoms with Gasteiger partial charge in [0.15, 0.2) is 11.5 Å². The maximum atomic E-state index is 13.2. The number of rotatable bonds is 7. The summed E-state index contributed by atoms with van der Waals surface area (Å²) in [5, 5.41) is 13.5. The monoisotopic (exact) mass is 599 g/mol. The number of nitro benzene ring substituents is 1. The third-order valence-electron chi connectivity index (χ3n) is 5.61. The molecule has 0 atom stereocenters. The number of imide groups is 2. The number of methoxy groups -OCH3 is 1. The number of amides is 4. The molecular formula is C26H19BrClN3O7. The van der Waals surface area contributed by atoms with Gasteiger partial charge < -0.3 is 9.47 Å². The van der Waals surface area contributed by atoms with Gasteiger partial charge in [-0.15, -0.1) is 0 Å². The second-order valence-electron chi connectivity index (χ2n) is 8.13.